The SMILES string of the molecule is COCCOc1ccc(C(Cc2ccc(C(=N)N)cc2)c2nn(-c3ccccc3C(N)=O)c(=O)[nH]2)cc1OC.O=C(O)C(F)(F)F. The molecule has 4 rings (SSSR count). The molecule has 46 heavy (non-hydrogen) atoms. The third kappa shape index (κ3) is 8.95. The number of hydrogen-bond acceptors (Lipinski definition) is 8. The van der Waals surface area contributed by atoms with Gasteiger partial charge in [-0.15, -0.1) is 5.10 Å². The summed E-state index contributed by atoms with van der Waals surface area (Å²) >= 11 is 0. The number of nitrogens with two attached hydrogens (primary N) is 2. The number of nitrogens with one attached hydrogen (secondary N) is 2. The van der Waals surface area contributed by atoms with Crippen molar-refractivity contribution in [2.45, 2.75) is 18.5 Å². The number of amides is 1. The van der Waals surface area contributed by atoms with Crippen molar-refractivity contribution < 1.29 is 42.1 Å². The number of methoxy groups -OCH3 is 2. The Balaban J connectivity index is 0.000000738. The van der Waals surface area contributed by atoms with Crippen LogP contribution in [0.4, 0.5) is 13.2 Å². The van der Waals surface area contributed by atoms with Gasteiger partial charge in [-0.25, -0.2) is 9.59 Å². The number of H-pyrrole nitrogens is 1. The average Bonchev–Trinajstić information content (AvgIpc) is 3.41. The summed E-state index contributed by atoms with van der Waals surface area (Å²) in [6.45, 7) is 0.782. The third-order valence-corrected chi connectivity index (χ3v) is 6.45. The van der Waals surface area contributed by atoms with Gasteiger partial charge in [-0.3, -0.25) is 15.2 Å². The second-order valence-electron chi connectivity index (χ2n) is 9.53. The van der Waals surface area contributed by atoms with E-state index in [1.165, 1.54) is 0 Å². The fourth-order valence-electron chi connectivity index (χ4n) is 4.21. The van der Waals surface area contributed by atoms with E-state index < -0.39 is 29.7 Å². The van der Waals surface area contributed by atoms with Gasteiger partial charge in [0.1, 0.15) is 18.3 Å². The number of ether oxygens (including phenoxy) is 3. The molecule has 244 valence electrons. The van der Waals surface area contributed by atoms with Crippen LogP contribution in [0.15, 0.2) is 71.5 Å². The number of carboxylic acids is 1. The normalized spacial score (nSPS) is 11.6. The maximum atomic E-state index is 13.0. The van der Waals surface area contributed by atoms with Crippen molar-refractivity contribution in [1.82, 2.24) is 14.8 Å². The molecular weight excluding hydrogens is 613 g/mol. The highest BCUT2D eigenvalue weighted by Crippen LogP contribution is 2.34. The van der Waals surface area contributed by atoms with Crippen LogP contribution in [0.5, 0.6) is 11.5 Å². The number of rotatable bonds is 12. The maximum absolute atomic E-state index is 13.0. The second-order valence-corrected chi connectivity index (χ2v) is 9.53. The van der Waals surface area contributed by atoms with Crippen molar-refractivity contribution in [3.63, 3.8) is 0 Å². The standard InChI is InChI=1S/C28H30N6O5.C2HF3O2/c1-37-13-14-39-23-12-11-19(16-24(23)38-2)21(15-17-7-9-18(10-8-17)25(29)30)27-32-28(36)34(33-27)22-6-4-3-5-20(22)26(31)35;3-2(4,5)1(6)7/h3-12,16,21H,13-15H2,1-2H3,(H3,29,30)(H2,31,35)(H,32,33,36);(H,6,7). The second kappa shape index (κ2) is 15.4. The predicted molar refractivity (Wildman–Crippen MR) is 160 cm³/mol. The molecule has 7 N–H and O–H groups in total. The molecule has 0 radical (unpaired) electrons. The molecule has 0 bridgehead atoms. The van der Waals surface area contributed by atoms with Crippen molar-refractivity contribution in [3.05, 3.63) is 105 Å². The van der Waals surface area contributed by atoms with Crippen molar-refractivity contribution in [3.8, 4) is 17.2 Å². The van der Waals surface area contributed by atoms with E-state index in [9.17, 15) is 22.8 Å². The monoisotopic (exact) mass is 644 g/mol. The van der Waals surface area contributed by atoms with E-state index in [0.29, 0.717) is 42.5 Å². The number of para-hydroxylation sites is 1. The van der Waals surface area contributed by atoms with Gasteiger partial charge in [-0.1, -0.05) is 42.5 Å². The highest BCUT2D eigenvalue weighted by atomic mass is 19.4. The van der Waals surface area contributed by atoms with Crippen molar-refractivity contribution in [2.24, 2.45) is 11.5 Å². The first-order chi connectivity index (χ1) is 21.8. The third-order valence-electron chi connectivity index (χ3n) is 6.45. The van der Waals surface area contributed by atoms with Gasteiger partial charge >= 0.3 is 17.8 Å². The molecule has 0 saturated heterocycles. The number of halogens is 3. The van der Waals surface area contributed by atoms with Gasteiger partial charge < -0.3 is 30.8 Å². The molecule has 0 aliphatic heterocycles. The molecule has 16 heteroatoms. The summed E-state index contributed by atoms with van der Waals surface area (Å²) < 4.78 is 49.3. The molecule has 0 saturated carbocycles. The Hall–Kier alpha value is -5.64. The summed E-state index contributed by atoms with van der Waals surface area (Å²) in [5.41, 5.74) is 13.4. The summed E-state index contributed by atoms with van der Waals surface area (Å²) in [6.07, 6.45) is -4.63. The summed E-state index contributed by atoms with van der Waals surface area (Å²) in [6, 6.07) is 19.3. The van der Waals surface area contributed by atoms with Crippen LogP contribution in [0.3, 0.4) is 0 Å². The molecular formula is C30H31F3N6O7. The number of benzene rings is 3. The fraction of sp³-hybridized carbons (Fsp3) is 0.233. The Morgan fingerprint density at radius 3 is 2.24 bits per heavy atom. The molecule has 1 heterocycles. The number of amidine groups is 1. The highest BCUT2D eigenvalue weighted by molar-refractivity contribution is 5.96. The van der Waals surface area contributed by atoms with Crippen LogP contribution in [0.2, 0.25) is 0 Å². The lowest BCUT2D eigenvalue weighted by molar-refractivity contribution is -0.192. The minimum absolute atomic E-state index is 0.0249. The molecule has 4 aromatic rings. The topological polar surface area (TPSA) is 209 Å². The lowest BCUT2D eigenvalue weighted by atomic mass is 9.90. The Morgan fingerprint density at radius 2 is 1.67 bits per heavy atom. The van der Waals surface area contributed by atoms with Crippen LogP contribution < -0.4 is 26.6 Å². The van der Waals surface area contributed by atoms with Gasteiger partial charge in [0.05, 0.1) is 25.0 Å². The first kappa shape index (κ1) is 34.8. The molecule has 3 aromatic carbocycles. The van der Waals surface area contributed by atoms with Gasteiger partial charge in [0, 0.05) is 18.6 Å². The summed E-state index contributed by atoms with van der Waals surface area (Å²) in [5.74, 6) is -2.41. The number of alkyl halides is 3. The van der Waals surface area contributed by atoms with Crippen LogP contribution >= 0.6 is 0 Å². The minimum Gasteiger partial charge on any atom is -0.493 e. The van der Waals surface area contributed by atoms with Crippen molar-refractivity contribution in [1.29, 1.82) is 5.41 Å². The van der Waals surface area contributed by atoms with Crippen LogP contribution in [0.25, 0.3) is 5.69 Å². The van der Waals surface area contributed by atoms with Gasteiger partial charge in [-0.05, 0) is 41.8 Å². The smallest absolute Gasteiger partial charge is 0.490 e. The number of nitrogens with zero attached hydrogens (tertiary/aromatic N) is 2. The molecule has 1 atom stereocenters. The van der Waals surface area contributed by atoms with Crippen molar-refractivity contribution >= 4 is 17.7 Å². The molecule has 0 spiro atoms. The molecule has 0 aliphatic rings. The van der Waals surface area contributed by atoms with Crippen molar-refractivity contribution in [2.75, 3.05) is 27.4 Å². The van der Waals surface area contributed by atoms with E-state index in [-0.39, 0.29) is 17.1 Å². The van der Waals surface area contributed by atoms with Gasteiger partial charge in [-0.2, -0.15) is 17.9 Å². The molecule has 1 amide bonds. The zero-order chi connectivity index (χ0) is 34.0. The van der Waals surface area contributed by atoms with Gasteiger partial charge in [0.25, 0.3) is 5.91 Å². The molecule has 1 aromatic heterocycles. The Labute approximate surface area is 260 Å². The largest absolute Gasteiger partial charge is 0.493 e. The van der Waals surface area contributed by atoms with E-state index in [4.69, 9.17) is 41.0 Å². The molecule has 1 unspecified atom stereocenters. The number of hydrogen-bond donors (Lipinski definition) is 5. The number of aliphatic carboxylic acids is 1. The summed E-state index contributed by atoms with van der Waals surface area (Å²) in [4.78, 5) is 36.8. The number of nitrogen functional groups attached to an aromatic ring is 1. The van der Waals surface area contributed by atoms with Crippen LogP contribution in [0, 0.1) is 5.41 Å². The maximum Gasteiger partial charge on any atom is 0.490 e. The van der Waals surface area contributed by atoms with E-state index in [1.807, 2.05) is 24.3 Å². The van der Waals surface area contributed by atoms with Gasteiger partial charge in [0.2, 0.25) is 0 Å². The van der Waals surface area contributed by atoms with Crippen LogP contribution in [0.1, 0.15) is 38.8 Å². The zero-order valence-electron chi connectivity index (χ0n) is 24.6. The minimum atomic E-state index is -5.08. The lowest BCUT2D eigenvalue weighted by Gasteiger charge is -2.18. The zero-order valence-corrected chi connectivity index (χ0v) is 24.6. The quantitative estimate of drug-likeness (QED) is 0.0871. The first-order valence-electron chi connectivity index (χ1n) is 13.4. The van der Waals surface area contributed by atoms with Crippen LogP contribution in [-0.4, -0.2) is 71.2 Å². The van der Waals surface area contributed by atoms with Gasteiger partial charge in [0.15, 0.2) is 11.5 Å². The van der Waals surface area contributed by atoms with E-state index in [0.717, 1.165) is 15.8 Å². The number of aromatic nitrogens is 3. The Bertz CT molecular complexity index is 1740. The molecule has 13 nitrogen and oxygen atoms in total. The fourth-order valence-corrected chi connectivity index (χ4v) is 4.21. The number of carbonyl (C=O) groups excluding carboxylic acids is 1. The predicted octanol–water partition coefficient (Wildman–Crippen LogP) is 2.99. The number of primary amides is 1. The van der Waals surface area contributed by atoms with E-state index in [2.05, 4.69) is 10.1 Å². The highest BCUT2D eigenvalue weighted by Gasteiger charge is 2.38. The summed E-state index contributed by atoms with van der Waals surface area (Å²) in [5, 5.41) is 19.4. The van der Waals surface area contributed by atoms with E-state index >= 15 is 0 Å². The van der Waals surface area contributed by atoms with E-state index in [1.54, 1.807) is 56.7 Å². The summed E-state index contributed by atoms with van der Waals surface area (Å²) in [7, 11) is 3.15. The molecule has 0 aliphatic carbocycles. The number of aromatic amines is 1. The molecule has 0 fully saturated rings. The van der Waals surface area contributed by atoms with Crippen LogP contribution in [-0.2, 0) is 16.0 Å². The number of carbonyl (C=O) groups is 2. The first-order valence-corrected chi connectivity index (χ1v) is 13.4. The number of carboxylic acid groups (broad SMARTS) is 1. The Morgan fingerprint density at radius 1 is 1.02 bits per heavy atom. The lowest BCUT2D eigenvalue weighted by Crippen LogP contribution is -2.21. The average molecular weight is 645 g/mol. The Kier molecular flexibility index (Phi) is 11.7.